The normalized spacial score (nSPS) is 24.8. The maximum absolute atomic E-state index is 13.1. The van der Waals surface area contributed by atoms with Crippen molar-refractivity contribution in [3.63, 3.8) is 0 Å². The Morgan fingerprint density at radius 2 is 1.97 bits per heavy atom. The predicted molar refractivity (Wildman–Crippen MR) is 107 cm³/mol. The molecule has 0 aliphatic heterocycles. The van der Waals surface area contributed by atoms with Crippen molar-refractivity contribution in [3.05, 3.63) is 53.7 Å². The summed E-state index contributed by atoms with van der Waals surface area (Å²) < 4.78 is 45.7. The standard InChI is InChI=1S/C22H22F3N5O2/c1-30-11-12(10-27-30)9-26-20(31)17-14-2-3-15(8-14)18(17)21-28-19(29-32-21)13-4-6-16(7-5-13)22(23,24)25/h4-7,10-11,14-15,17-18H,2-3,8-9H2,1H3,(H,26,31)/t14-,15+,17-,18-/m0/s1. The van der Waals surface area contributed by atoms with Gasteiger partial charge in [-0.1, -0.05) is 17.3 Å². The van der Waals surface area contributed by atoms with Crippen LogP contribution in [-0.2, 0) is 24.6 Å². The largest absolute Gasteiger partial charge is 0.416 e. The van der Waals surface area contributed by atoms with Gasteiger partial charge >= 0.3 is 6.18 Å². The third-order valence-electron chi connectivity index (χ3n) is 6.64. The second-order valence-corrected chi connectivity index (χ2v) is 8.66. The van der Waals surface area contributed by atoms with Gasteiger partial charge in [0.25, 0.3) is 0 Å². The van der Waals surface area contributed by atoms with Gasteiger partial charge in [-0.3, -0.25) is 9.48 Å². The van der Waals surface area contributed by atoms with E-state index in [0.29, 0.717) is 18.0 Å². The highest BCUT2D eigenvalue weighted by molar-refractivity contribution is 5.80. The minimum absolute atomic E-state index is 0.0414. The molecule has 2 aromatic heterocycles. The summed E-state index contributed by atoms with van der Waals surface area (Å²) in [6, 6.07) is 4.65. The quantitative estimate of drug-likeness (QED) is 0.643. The van der Waals surface area contributed by atoms with Crippen molar-refractivity contribution < 1.29 is 22.5 Å². The fourth-order valence-corrected chi connectivity index (χ4v) is 5.19. The number of halogens is 3. The number of aromatic nitrogens is 4. The first-order valence-electron chi connectivity index (χ1n) is 10.6. The van der Waals surface area contributed by atoms with E-state index in [1.54, 1.807) is 10.9 Å². The van der Waals surface area contributed by atoms with Crippen LogP contribution in [0.15, 0.2) is 41.2 Å². The monoisotopic (exact) mass is 445 g/mol. The molecule has 1 N–H and O–H groups in total. The molecule has 7 nitrogen and oxygen atoms in total. The predicted octanol–water partition coefficient (Wildman–Crippen LogP) is 3.94. The molecule has 1 aromatic carbocycles. The van der Waals surface area contributed by atoms with E-state index in [1.165, 1.54) is 12.1 Å². The number of carbonyl (C=O) groups excluding carboxylic acids is 1. The molecule has 5 rings (SSSR count). The summed E-state index contributed by atoms with van der Waals surface area (Å²) in [6.45, 7) is 0.397. The number of rotatable bonds is 5. The second-order valence-electron chi connectivity index (χ2n) is 8.66. The van der Waals surface area contributed by atoms with Crippen LogP contribution >= 0.6 is 0 Å². The zero-order valence-corrected chi connectivity index (χ0v) is 17.3. The Morgan fingerprint density at radius 3 is 2.66 bits per heavy atom. The van der Waals surface area contributed by atoms with Crippen molar-refractivity contribution in [1.29, 1.82) is 0 Å². The maximum atomic E-state index is 13.1. The van der Waals surface area contributed by atoms with Crippen LogP contribution in [0, 0.1) is 17.8 Å². The molecule has 2 aliphatic rings. The van der Waals surface area contributed by atoms with Crippen LogP contribution in [0.1, 0.15) is 42.2 Å². The fourth-order valence-electron chi connectivity index (χ4n) is 5.19. The number of hydrogen-bond acceptors (Lipinski definition) is 5. The SMILES string of the molecule is Cn1cc(CNC(=O)[C@H]2[C@H]3CC[C@H](C3)[C@@H]2c2nc(-c3ccc(C(F)(F)F)cc3)no2)cn1. The zero-order chi connectivity index (χ0) is 22.5. The van der Waals surface area contributed by atoms with Crippen LogP contribution in [0.3, 0.4) is 0 Å². The van der Waals surface area contributed by atoms with Crippen molar-refractivity contribution in [2.75, 3.05) is 0 Å². The van der Waals surface area contributed by atoms with Gasteiger partial charge in [0.05, 0.1) is 23.6 Å². The van der Waals surface area contributed by atoms with Gasteiger partial charge in [-0.2, -0.15) is 23.3 Å². The Morgan fingerprint density at radius 1 is 1.22 bits per heavy atom. The highest BCUT2D eigenvalue weighted by Gasteiger charge is 2.53. The minimum Gasteiger partial charge on any atom is -0.352 e. The Kier molecular flexibility index (Phi) is 5.02. The molecule has 0 unspecified atom stereocenters. The highest BCUT2D eigenvalue weighted by atomic mass is 19.4. The van der Waals surface area contributed by atoms with Gasteiger partial charge in [0, 0.05) is 30.9 Å². The van der Waals surface area contributed by atoms with Crippen LogP contribution in [0.2, 0.25) is 0 Å². The Bertz CT molecular complexity index is 1120. The molecule has 3 aromatic rings. The number of fused-ring (bicyclic) bond motifs is 2. The third kappa shape index (κ3) is 3.78. The van der Waals surface area contributed by atoms with Crippen molar-refractivity contribution in [2.24, 2.45) is 24.8 Å². The molecule has 4 atom stereocenters. The van der Waals surface area contributed by atoms with Crippen LogP contribution < -0.4 is 5.32 Å². The topological polar surface area (TPSA) is 85.8 Å². The molecule has 0 saturated heterocycles. The number of alkyl halides is 3. The molecule has 0 radical (unpaired) electrons. The molecule has 0 spiro atoms. The highest BCUT2D eigenvalue weighted by Crippen LogP contribution is 2.56. The average molecular weight is 445 g/mol. The third-order valence-corrected chi connectivity index (χ3v) is 6.64. The van der Waals surface area contributed by atoms with E-state index >= 15 is 0 Å². The summed E-state index contributed by atoms with van der Waals surface area (Å²) in [5.41, 5.74) is 0.625. The van der Waals surface area contributed by atoms with Crippen molar-refractivity contribution >= 4 is 5.91 Å². The lowest BCUT2D eigenvalue weighted by Crippen LogP contribution is -2.37. The lowest BCUT2D eigenvalue weighted by molar-refractivity contribution is -0.137. The Labute approximate surface area is 182 Å². The molecule has 10 heteroatoms. The summed E-state index contributed by atoms with van der Waals surface area (Å²) in [7, 11) is 1.82. The van der Waals surface area contributed by atoms with E-state index in [2.05, 4.69) is 20.6 Å². The molecule has 2 bridgehead atoms. The number of hydrogen-bond donors (Lipinski definition) is 1. The maximum Gasteiger partial charge on any atom is 0.416 e. The van der Waals surface area contributed by atoms with Crippen molar-refractivity contribution in [2.45, 2.75) is 37.9 Å². The molecular formula is C22H22F3N5O2. The average Bonchev–Trinajstić information content (AvgIpc) is 3.55. The first-order valence-corrected chi connectivity index (χ1v) is 10.6. The van der Waals surface area contributed by atoms with Crippen LogP contribution in [0.25, 0.3) is 11.4 Å². The molecule has 2 fully saturated rings. The first kappa shape index (κ1) is 20.7. The second kappa shape index (κ2) is 7.75. The Hall–Kier alpha value is -3.17. The zero-order valence-electron chi connectivity index (χ0n) is 17.3. The van der Waals surface area contributed by atoms with Gasteiger partial charge in [-0.15, -0.1) is 0 Å². The number of benzene rings is 1. The lowest BCUT2D eigenvalue weighted by atomic mass is 9.78. The molecule has 2 saturated carbocycles. The summed E-state index contributed by atoms with van der Waals surface area (Å²) in [5, 5.41) is 11.1. The van der Waals surface area contributed by atoms with Gasteiger partial charge in [0.15, 0.2) is 0 Å². The molecule has 168 valence electrons. The molecule has 2 heterocycles. The summed E-state index contributed by atoms with van der Waals surface area (Å²) in [5.74, 6) is 0.681. The van der Waals surface area contributed by atoms with Gasteiger partial charge < -0.3 is 9.84 Å². The van der Waals surface area contributed by atoms with Crippen molar-refractivity contribution in [3.8, 4) is 11.4 Å². The fraction of sp³-hybridized carbons (Fsp3) is 0.455. The van der Waals surface area contributed by atoms with E-state index in [1.807, 2.05) is 13.2 Å². The van der Waals surface area contributed by atoms with Crippen LogP contribution in [0.5, 0.6) is 0 Å². The number of nitrogens with one attached hydrogen (secondary N) is 1. The molecule has 2 aliphatic carbocycles. The number of amides is 1. The van der Waals surface area contributed by atoms with E-state index in [4.69, 9.17) is 4.52 Å². The van der Waals surface area contributed by atoms with Crippen molar-refractivity contribution in [1.82, 2.24) is 25.2 Å². The summed E-state index contributed by atoms with van der Waals surface area (Å²) in [6.07, 6.45) is 2.10. The van der Waals surface area contributed by atoms with Crippen LogP contribution in [0.4, 0.5) is 13.2 Å². The number of carbonyl (C=O) groups is 1. The lowest BCUT2D eigenvalue weighted by Gasteiger charge is -2.27. The number of aryl methyl sites for hydroxylation is 1. The molecule has 32 heavy (non-hydrogen) atoms. The van der Waals surface area contributed by atoms with E-state index in [0.717, 1.165) is 37.0 Å². The van der Waals surface area contributed by atoms with Crippen LogP contribution in [-0.4, -0.2) is 25.8 Å². The summed E-state index contributed by atoms with van der Waals surface area (Å²) >= 11 is 0. The Balaban J connectivity index is 1.34. The van der Waals surface area contributed by atoms with E-state index in [9.17, 15) is 18.0 Å². The number of nitrogens with zero attached hydrogens (tertiary/aromatic N) is 4. The van der Waals surface area contributed by atoms with Gasteiger partial charge in [0.2, 0.25) is 17.6 Å². The van der Waals surface area contributed by atoms with Gasteiger partial charge in [-0.05, 0) is 43.2 Å². The first-order chi connectivity index (χ1) is 15.3. The summed E-state index contributed by atoms with van der Waals surface area (Å²) in [4.78, 5) is 17.5. The van der Waals surface area contributed by atoms with E-state index < -0.39 is 11.7 Å². The minimum atomic E-state index is -4.40. The molecule has 1 amide bonds. The van der Waals surface area contributed by atoms with E-state index in [-0.39, 0.29) is 35.4 Å². The molecular weight excluding hydrogens is 423 g/mol. The smallest absolute Gasteiger partial charge is 0.352 e. The van der Waals surface area contributed by atoms with Gasteiger partial charge in [-0.25, -0.2) is 0 Å². The van der Waals surface area contributed by atoms with Gasteiger partial charge in [0.1, 0.15) is 0 Å².